The van der Waals surface area contributed by atoms with E-state index in [1.165, 1.54) is 0 Å². The molecule has 0 rings (SSSR count). The quantitative estimate of drug-likeness (QED) is 0.393. The summed E-state index contributed by atoms with van der Waals surface area (Å²) in [7, 11) is 0. The molecule has 0 spiro atoms. The predicted molar refractivity (Wildman–Crippen MR) is 13.1 cm³/mol. The Morgan fingerprint density at radius 3 is 1.25 bits per heavy atom. The molecule has 0 aromatic rings. The maximum atomic E-state index is 8.33. The fourth-order valence-corrected chi connectivity index (χ4v) is 0. The van der Waals surface area contributed by atoms with Crippen LogP contribution in [0.5, 0.6) is 0 Å². The largest absolute Gasteiger partial charge is 4.00 e. The number of hydrogen-bond acceptors (Lipinski definition) is 4. The van der Waals surface area contributed by atoms with E-state index in [0.29, 0.717) is 0 Å². The van der Waals surface area contributed by atoms with Crippen molar-refractivity contribution >= 4 is 29.2 Å². The van der Waals surface area contributed by atoms with E-state index in [4.69, 9.17) is 15.0 Å². The van der Waals surface area contributed by atoms with Gasteiger partial charge in [-0.15, -0.1) is 0 Å². The SMILES string of the molecule is O=C([O-])[O-].[Fe+2].[Mg+2].[OH-].[Ti+4]. The molecule has 1 N–H and O–H groups in total. The van der Waals surface area contributed by atoms with Gasteiger partial charge in [-0.2, -0.15) is 0 Å². The van der Waals surface area contributed by atoms with E-state index in [2.05, 4.69) is 0 Å². The Morgan fingerprint density at radius 1 is 1.25 bits per heavy atom. The van der Waals surface area contributed by atoms with Crippen LogP contribution in [0.3, 0.4) is 0 Å². The molecule has 0 fully saturated rings. The van der Waals surface area contributed by atoms with Crippen LogP contribution in [-0.4, -0.2) is 34.7 Å². The van der Waals surface area contributed by atoms with Crippen LogP contribution < -0.4 is 10.2 Å². The molecule has 0 radical (unpaired) electrons. The van der Waals surface area contributed by atoms with Crippen LogP contribution in [0.4, 0.5) is 4.79 Å². The standard InChI is InChI=1S/CH2O3.Fe.Mg.H2O.Ti/c2-1(3)4;;;;/h(H2,2,3,4);;;1H2;/q;2*+2;;+4/p-3. The molecule has 0 bridgehead atoms. The average Bonchev–Trinajstić information content (AvgIpc) is 0.811. The van der Waals surface area contributed by atoms with Crippen molar-refractivity contribution < 1.29 is 59.3 Å². The van der Waals surface area contributed by atoms with Crippen molar-refractivity contribution in [2.45, 2.75) is 0 Å². The van der Waals surface area contributed by atoms with Gasteiger partial charge in [0.25, 0.3) is 0 Å². The average molecular weight is 205 g/mol. The molecular formula is CHFeMgO4Ti+5. The van der Waals surface area contributed by atoms with Gasteiger partial charge in [0.1, 0.15) is 0 Å². The van der Waals surface area contributed by atoms with Gasteiger partial charge in [-0.3, -0.25) is 0 Å². The summed E-state index contributed by atoms with van der Waals surface area (Å²) >= 11 is 0. The minimum atomic E-state index is -2.33. The van der Waals surface area contributed by atoms with E-state index in [0.717, 1.165) is 0 Å². The van der Waals surface area contributed by atoms with Crippen LogP contribution in [0.25, 0.3) is 0 Å². The van der Waals surface area contributed by atoms with Crippen molar-refractivity contribution in [3.63, 3.8) is 0 Å². The monoisotopic (exact) mass is 205 g/mol. The van der Waals surface area contributed by atoms with Crippen molar-refractivity contribution in [3.8, 4) is 0 Å². The fourth-order valence-electron chi connectivity index (χ4n) is 0. The number of carbonyl (C=O) groups excluding carboxylic acids is 1. The minimum Gasteiger partial charge on any atom is -0.870 e. The van der Waals surface area contributed by atoms with E-state index in [1.54, 1.807) is 0 Å². The summed E-state index contributed by atoms with van der Waals surface area (Å²) in [5, 5.41) is 16.7. The second-order valence-electron chi connectivity index (χ2n) is 0.250. The first-order valence-corrected chi connectivity index (χ1v) is 0.612. The van der Waals surface area contributed by atoms with E-state index >= 15 is 0 Å². The zero-order chi connectivity index (χ0) is 3.58. The van der Waals surface area contributed by atoms with Gasteiger partial charge in [0, 0.05) is 0 Å². The molecule has 0 saturated carbocycles. The first kappa shape index (κ1) is 34.9. The third-order valence-corrected chi connectivity index (χ3v) is 0. The van der Waals surface area contributed by atoms with Crippen molar-refractivity contribution in [1.82, 2.24) is 0 Å². The summed E-state index contributed by atoms with van der Waals surface area (Å²) in [6.45, 7) is 0. The second kappa shape index (κ2) is 24.0. The molecule has 0 unspecified atom stereocenters. The van der Waals surface area contributed by atoms with E-state index in [1.807, 2.05) is 0 Å². The molecule has 0 aliphatic heterocycles. The molecule has 38 valence electrons. The summed E-state index contributed by atoms with van der Waals surface area (Å²) in [4.78, 5) is 8.33. The van der Waals surface area contributed by atoms with Crippen molar-refractivity contribution in [2.75, 3.05) is 0 Å². The second-order valence-corrected chi connectivity index (χ2v) is 0.250. The van der Waals surface area contributed by atoms with Gasteiger partial charge >= 0.3 is 61.8 Å². The molecule has 7 heteroatoms. The number of hydrogen-bond donors (Lipinski definition) is 0. The Balaban J connectivity index is -0.00000000750. The summed E-state index contributed by atoms with van der Waals surface area (Å²) in [6, 6.07) is 0. The Morgan fingerprint density at radius 2 is 1.25 bits per heavy atom. The predicted octanol–water partition coefficient (Wildman–Crippen LogP) is -3.01. The zero-order valence-electron chi connectivity index (χ0n) is 3.73. The fraction of sp³-hybridized carbons (Fsp3) is 0. The van der Waals surface area contributed by atoms with Gasteiger partial charge in [-0.05, 0) is 6.16 Å². The Labute approximate surface area is 87.8 Å². The Bertz CT molecular complexity index is 39.0. The molecule has 0 aliphatic carbocycles. The first-order chi connectivity index (χ1) is 1.73. The van der Waals surface area contributed by atoms with Crippen LogP contribution in [0.1, 0.15) is 0 Å². The normalized spacial score (nSPS) is 3.00. The molecule has 0 amide bonds. The van der Waals surface area contributed by atoms with Crippen LogP contribution in [0, 0.1) is 0 Å². The van der Waals surface area contributed by atoms with Crippen LogP contribution >= 0.6 is 0 Å². The maximum Gasteiger partial charge on any atom is 4.00 e. The number of rotatable bonds is 0. The van der Waals surface area contributed by atoms with E-state index in [9.17, 15) is 0 Å². The smallest absolute Gasteiger partial charge is 0.870 e. The molecule has 4 nitrogen and oxygen atoms in total. The van der Waals surface area contributed by atoms with Gasteiger partial charge in [0.2, 0.25) is 0 Å². The van der Waals surface area contributed by atoms with Gasteiger partial charge in [0.15, 0.2) is 0 Å². The molecule has 0 aliphatic rings. The topological polar surface area (TPSA) is 93.2 Å². The molecule has 0 aromatic heterocycles. The van der Waals surface area contributed by atoms with Gasteiger partial charge in [-0.25, -0.2) is 0 Å². The van der Waals surface area contributed by atoms with Crippen molar-refractivity contribution in [3.05, 3.63) is 0 Å². The van der Waals surface area contributed by atoms with Crippen molar-refractivity contribution in [1.29, 1.82) is 0 Å². The summed E-state index contributed by atoms with van der Waals surface area (Å²) < 4.78 is 0. The third kappa shape index (κ3) is 185. The van der Waals surface area contributed by atoms with Gasteiger partial charge in [-0.1, -0.05) is 0 Å². The summed E-state index contributed by atoms with van der Waals surface area (Å²) in [6.07, 6.45) is -2.33. The molecule has 0 heterocycles. The van der Waals surface area contributed by atoms with Crippen LogP contribution in [-0.2, 0) is 38.8 Å². The molecule has 0 atom stereocenters. The minimum absolute atomic E-state index is 0. The summed E-state index contributed by atoms with van der Waals surface area (Å²) in [5.74, 6) is 0. The first-order valence-electron chi connectivity index (χ1n) is 0.612. The Kier molecular flexibility index (Phi) is 105. The number of carboxylic acid groups (broad SMARTS) is 2. The zero-order valence-corrected chi connectivity index (χ0v) is 7.81. The molecule has 0 saturated heterocycles. The summed E-state index contributed by atoms with van der Waals surface area (Å²) in [5.41, 5.74) is 0. The van der Waals surface area contributed by atoms with Crippen molar-refractivity contribution in [2.24, 2.45) is 0 Å². The van der Waals surface area contributed by atoms with Gasteiger partial charge < -0.3 is 20.5 Å². The molecule has 8 heavy (non-hydrogen) atoms. The third-order valence-electron chi connectivity index (χ3n) is 0. The Hall–Kier alpha value is 1.23. The van der Waals surface area contributed by atoms with Crippen LogP contribution in [0.2, 0.25) is 0 Å². The van der Waals surface area contributed by atoms with Gasteiger partial charge in [0.05, 0.1) is 0 Å². The van der Waals surface area contributed by atoms with E-state index < -0.39 is 6.16 Å². The number of carbonyl (C=O) groups is 1. The van der Waals surface area contributed by atoms with Crippen LogP contribution in [0.15, 0.2) is 0 Å². The van der Waals surface area contributed by atoms with E-state index in [-0.39, 0.29) is 67.3 Å². The molecular weight excluding hydrogens is 204 g/mol. The maximum absolute atomic E-state index is 8.33. The molecule has 0 aromatic carbocycles.